The summed E-state index contributed by atoms with van der Waals surface area (Å²) in [4.78, 5) is 11.5. The average molecular weight is 419 g/mol. The van der Waals surface area contributed by atoms with Crippen LogP contribution in [-0.2, 0) is 4.79 Å². The Morgan fingerprint density at radius 3 is 1.97 bits per heavy atom. The molecule has 2 nitrogen and oxygen atoms in total. The number of hydrogen-bond donors (Lipinski definition) is 0. The molecule has 30 heavy (non-hydrogen) atoms. The maximum atomic E-state index is 14.8. The van der Waals surface area contributed by atoms with Crippen molar-refractivity contribution in [3.63, 3.8) is 0 Å². The molecular weight excluding hydrogens is 382 g/mol. The molecule has 0 atom stereocenters. The number of benzene rings is 1. The summed E-state index contributed by atoms with van der Waals surface area (Å²) in [6, 6.07) is 7.42. The number of halogens is 2. The molecule has 0 heterocycles. The quantitative estimate of drug-likeness (QED) is 0.494. The van der Waals surface area contributed by atoms with E-state index in [2.05, 4.69) is 6.92 Å². The first-order valence-corrected chi connectivity index (χ1v) is 12.1. The lowest BCUT2D eigenvalue weighted by atomic mass is 9.70. The van der Waals surface area contributed by atoms with E-state index in [-0.39, 0.29) is 5.75 Å². The average Bonchev–Trinajstić information content (AvgIpc) is 2.75. The maximum absolute atomic E-state index is 14.8. The van der Waals surface area contributed by atoms with Gasteiger partial charge in [-0.15, -0.1) is 0 Å². The van der Waals surface area contributed by atoms with Crippen molar-refractivity contribution in [1.82, 2.24) is 0 Å². The van der Waals surface area contributed by atoms with Gasteiger partial charge in [-0.05, 0) is 92.7 Å². The Hall–Kier alpha value is -1.45. The van der Waals surface area contributed by atoms with Gasteiger partial charge in [-0.25, -0.2) is 0 Å². The third kappa shape index (κ3) is 5.23. The molecule has 166 valence electrons. The van der Waals surface area contributed by atoms with Crippen LogP contribution < -0.4 is 4.74 Å². The molecule has 0 bridgehead atoms. The second-order valence-electron chi connectivity index (χ2n) is 10.2. The highest BCUT2D eigenvalue weighted by Gasteiger charge is 2.45. The smallest absolute Gasteiger partial charge is 0.400 e. The standard InChI is InChI=1S/C26H36F2O2/c1-18-2-4-19(5-3-18)22-10-16-25(17-11-22)30-26(27,28)23-12-6-20(7-13-23)21-8-14-24(29)15-9-21/h10-11,16-21,23H,2-9,12-15H2,1H3. The first kappa shape index (κ1) is 21.8. The molecule has 3 aliphatic carbocycles. The zero-order valence-electron chi connectivity index (χ0n) is 18.3. The van der Waals surface area contributed by atoms with E-state index in [1.54, 1.807) is 12.1 Å². The summed E-state index contributed by atoms with van der Waals surface area (Å²) in [7, 11) is 0. The fraction of sp³-hybridized carbons (Fsp3) is 0.731. The summed E-state index contributed by atoms with van der Waals surface area (Å²) in [5.74, 6) is 2.35. The van der Waals surface area contributed by atoms with Gasteiger partial charge in [0.2, 0.25) is 0 Å². The molecule has 0 radical (unpaired) electrons. The van der Waals surface area contributed by atoms with Crippen LogP contribution in [-0.4, -0.2) is 11.9 Å². The molecule has 3 aliphatic rings. The molecule has 1 aromatic rings. The predicted molar refractivity (Wildman–Crippen MR) is 115 cm³/mol. The number of ketones is 1. The van der Waals surface area contributed by atoms with E-state index < -0.39 is 12.0 Å². The van der Waals surface area contributed by atoms with Gasteiger partial charge in [0, 0.05) is 12.8 Å². The first-order chi connectivity index (χ1) is 14.4. The number of rotatable bonds is 5. The van der Waals surface area contributed by atoms with Gasteiger partial charge in [0.25, 0.3) is 0 Å². The van der Waals surface area contributed by atoms with Crippen LogP contribution in [0.4, 0.5) is 8.78 Å². The summed E-state index contributed by atoms with van der Waals surface area (Å²) in [6.45, 7) is 2.30. The molecule has 0 amide bonds. The highest BCUT2D eigenvalue weighted by atomic mass is 19.3. The van der Waals surface area contributed by atoms with Crippen LogP contribution in [0, 0.1) is 23.7 Å². The Labute approximate surface area is 179 Å². The van der Waals surface area contributed by atoms with Crippen molar-refractivity contribution in [1.29, 1.82) is 0 Å². The zero-order chi connectivity index (χ0) is 21.1. The Morgan fingerprint density at radius 2 is 1.37 bits per heavy atom. The second-order valence-corrected chi connectivity index (χ2v) is 10.2. The predicted octanol–water partition coefficient (Wildman–Crippen LogP) is 7.52. The molecule has 4 rings (SSSR count). The van der Waals surface area contributed by atoms with Gasteiger partial charge < -0.3 is 4.74 Å². The number of hydrogen-bond acceptors (Lipinski definition) is 2. The van der Waals surface area contributed by atoms with Crippen molar-refractivity contribution >= 4 is 5.78 Å². The Morgan fingerprint density at radius 1 is 0.800 bits per heavy atom. The number of alkyl halides is 2. The Kier molecular flexibility index (Phi) is 6.79. The van der Waals surface area contributed by atoms with Crippen LogP contribution in [0.1, 0.15) is 95.5 Å². The third-order valence-electron chi connectivity index (χ3n) is 8.12. The highest BCUT2D eigenvalue weighted by molar-refractivity contribution is 5.79. The summed E-state index contributed by atoms with van der Waals surface area (Å²) >= 11 is 0. The van der Waals surface area contributed by atoms with E-state index in [0.29, 0.717) is 49.2 Å². The monoisotopic (exact) mass is 418 g/mol. The van der Waals surface area contributed by atoms with Gasteiger partial charge in [-0.2, -0.15) is 8.78 Å². The van der Waals surface area contributed by atoms with Crippen LogP contribution in [0.5, 0.6) is 5.75 Å². The van der Waals surface area contributed by atoms with E-state index in [1.165, 1.54) is 31.2 Å². The molecule has 0 saturated heterocycles. The first-order valence-electron chi connectivity index (χ1n) is 12.1. The molecule has 0 N–H and O–H groups in total. The number of carbonyl (C=O) groups is 1. The number of ether oxygens (including phenoxy) is 1. The molecule has 3 saturated carbocycles. The van der Waals surface area contributed by atoms with Gasteiger partial charge in [-0.1, -0.05) is 31.9 Å². The van der Waals surface area contributed by atoms with Crippen molar-refractivity contribution < 1.29 is 18.3 Å². The van der Waals surface area contributed by atoms with Gasteiger partial charge in [0.1, 0.15) is 11.5 Å². The van der Waals surface area contributed by atoms with Crippen LogP contribution in [0.15, 0.2) is 24.3 Å². The largest absolute Gasteiger partial charge is 0.432 e. The summed E-state index contributed by atoms with van der Waals surface area (Å²) in [5, 5.41) is 0. The fourth-order valence-electron chi connectivity index (χ4n) is 6.00. The molecule has 0 unspecified atom stereocenters. The van der Waals surface area contributed by atoms with Crippen molar-refractivity contribution in [3.05, 3.63) is 29.8 Å². The zero-order valence-corrected chi connectivity index (χ0v) is 18.3. The van der Waals surface area contributed by atoms with Crippen LogP contribution in [0.2, 0.25) is 0 Å². The van der Waals surface area contributed by atoms with Crippen LogP contribution >= 0.6 is 0 Å². The van der Waals surface area contributed by atoms with E-state index >= 15 is 0 Å². The fourth-order valence-corrected chi connectivity index (χ4v) is 6.00. The van der Waals surface area contributed by atoms with Crippen molar-refractivity contribution in [2.24, 2.45) is 23.7 Å². The maximum Gasteiger partial charge on any atom is 0.400 e. The van der Waals surface area contributed by atoms with E-state index in [4.69, 9.17) is 4.74 Å². The van der Waals surface area contributed by atoms with Gasteiger partial charge in [0.15, 0.2) is 0 Å². The van der Waals surface area contributed by atoms with Gasteiger partial charge in [-0.3, -0.25) is 4.79 Å². The normalized spacial score (nSPS) is 31.5. The van der Waals surface area contributed by atoms with E-state index in [9.17, 15) is 13.6 Å². The van der Waals surface area contributed by atoms with Crippen LogP contribution in [0.25, 0.3) is 0 Å². The van der Waals surface area contributed by atoms with Gasteiger partial charge in [0.05, 0.1) is 5.92 Å². The lowest BCUT2D eigenvalue weighted by Gasteiger charge is -2.37. The number of carbonyl (C=O) groups excluding carboxylic acids is 1. The second kappa shape index (κ2) is 9.36. The topological polar surface area (TPSA) is 26.3 Å². The third-order valence-corrected chi connectivity index (χ3v) is 8.12. The van der Waals surface area contributed by atoms with Crippen LogP contribution in [0.3, 0.4) is 0 Å². The molecule has 1 aromatic carbocycles. The minimum absolute atomic E-state index is 0.279. The Bertz CT molecular complexity index is 688. The lowest BCUT2D eigenvalue weighted by molar-refractivity contribution is -0.224. The molecule has 4 heteroatoms. The number of Topliss-reactive ketones (excluding diaryl/α,β-unsaturated/α-hetero) is 1. The summed E-state index contributed by atoms with van der Waals surface area (Å²) < 4.78 is 34.9. The summed E-state index contributed by atoms with van der Waals surface area (Å²) in [5.41, 5.74) is 1.25. The highest BCUT2D eigenvalue weighted by Crippen LogP contribution is 2.44. The summed E-state index contributed by atoms with van der Waals surface area (Å²) in [6.07, 6.45) is 7.73. The van der Waals surface area contributed by atoms with E-state index in [1.807, 2.05) is 12.1 Å². The minimum Gasteiger partial charge on any atom is -0.432 e. The molecular formula is C26H36F2O2. The van der Waals surface area contributed by atoms with Crippen molar-refractivity contribution in [2.45, 2.75) is 96.0 Å². The van der Waals surface area contributed by atoms with Gasteiger partial charge >= 0.3 is 6.11 Å². The minimum atomic E-state index is -3.12. The SMILES string of the molecule is CC1CCC(c2ccc(OC(F)(F)C3CCC(C4CCC(=O)CC4)CC3)cc2)CC1. The molecule has 0 spiro atoms. The van der Waals surface area contributed by atoms with Crippen molar-refractivity contribution in [2.75, 3.05) is 0 Å². The van der Waals surface area contributed by atoms with Crippen molar-refractivity contribution in [3.8, 4) is 5.75 Å². The molecule has 0 aromatic heterocycles. The lowest BCUT2D eigenvalue weighted by Crippen LogP contribution is -2.38. The van der Waals surface area contributed by atoms with E-state index in [0.717, 1.165) is 31.6 Å². The molecule has 3 fully saturated rings. The molecule has 0 aliphatic heterocycles. The Balaban J connectivity index is 1.28.